The van der Waals surface area contributed by atoms with Crippen molar-refractivity contribution in [2.45, 2.75) is 37.9 Å². The Balaban J connectivity index is 1.50. The molecular weight excluding hydrogens is 471 g/mol. The first kappa shape index (κ1) is 23.9. The summed E-state index contributed by atoms with van der Waals surface area (Å²) >= 11 is 1.27. The van der Waals surface area contributed by atoms with E-state index in [1.54, 1.807) is 11.0 Å². The number of aromatic nitrogens is 3. The zero-order chi connectivity index (χ0) is 24.5. The van der Waals surface area contributed by atoms with E-state index in [1.807, 2.05) is 0 Å². The Labute approximate surface area is 197 Å². The van der Waals surface area contributed by atoms with Gasteiger partial charge in [0.25, 0.3) is 0 Å². The predicted molar refractivity (Wildman–Crippen MR) is 118 cm³/mol. The Morgan fingerprint density at radius 3 is 2.62 bits per heavy atom. The van der Waals surface area contributed by atoms with E-state index < -0.39 is 17.3 Å². The fraction of sp³-hybridized carbons (Fsp3) is 0.409. The second kappa shape index (κ2) is 9.16. The number of thiazole rings is 1. The third kappa shape index (κ3) is 4.81. The number of likely N-dealkylation sites (tertiary alicyclic amines) is 1. The number of hydrogen-bond donors (Lipinski definition) is 1. The molecule has 0 aliphatic carbocycles. The lowest BCUT2D eigenvalue weighted by Crippen LogP contribution is -2.54. The summed E-state index contributed by atoms with van der Waals surface area (Å²) in [6.45, 7) is 1.89. The van der Waals surface area contributed by atoms with Crippen LogP contribution in [0, 0.1) is 0 Å². The van der Waals surface area contributed by atoms with E-state index in [0.717, 1.165) is 12.1 Å². The largest absolute Gasteiger partial charge is 0.479 e. The van der Waals surface area contributed by atoms with E-state index in [9.17, 15) is 22.8 Å². The molecule has 1 aromatic carbocycles. The van der Waals surface area contributed by atoms with Crippen molar-refractivity contribution in [1.29, 1.82) is 0 Å². The molecule has 2 amide bonds. The highest BCUT2D eigenvalue weighted by atomic mass is 32.1. The molecule has 4 rings (SSSR count). The summed E-state index contributed by atoms with van der Waals surface area (Å²) in [4.78, 5) is 39.7. The van der Waals surface area contributed by atoms with Gasteiger partial charge in [-0.25, -0.2) is 9.97 Å². The van der Waals surface area contributed by atoms with Gasteiger partial charge in [-0.1, -0.05) is 23.5 Å². The van der Waals surface area contributed by atoms with Gasteiger partial charge in [-0.3, -0.25) is 9.59 Å². The summed E-state index contributed by atoms with van der Waals surface area (Å²) in [5.74, 6) is -0.174. The van der Waals surface area contributed by atoms with Crippen LogP contribution in [-0.4, -0.2) is 51.9 Å². The van der Waals surface area contributed by atoms with Crippen molar-refractivity contribution in [3.63, 3.8) is 0 Å². The number of halogens is 3. The fourth-order valence-corrected chi connectivity index (χ4v) is 5.08. The van der Waals surface area contributed by atoms with Crippen LogP contribution in [0.5, 0.6) is 5.88 Å². The van der Waals surface area contributed by atoms with Gasteiger partial charge in [0.1, 0.15) is 11.3 Å². The van der Waals surface area contributed by atoms with Crippen molar-refractivity contribution in [3.8, 4) is 5.88 Å². The van der Waals surface area contributed by atoms with Crippen molar-refractivity contribution in [3.05, 3.63) is 46.7 Å². The molecule has 1 aliphatic rings. The highest BCUT2D eigenvalue weighted by Gasteiger charge is 2.40. The average Bonchev–Trinajstić information content (AvgIpc) is 3.21. The van der Waals surface area contributed by atoms with E-state index >= 15 is 0 Å². The maximum atomic E-state index is 13.3. The molecule has 180 valence electrons. The Morgan fingerprint density at radius 1 is 1.24 bits per heavy atom. The average molecular weight is 494 g/mol. The molecule has 1 fully saturated rings. The normalized spacial score (nSPS) is 15.9. The van der Waals surface area contributed by atoms with Crippen LogP contribution in [0.3, 0.4) is 0 Å². The lowest BCUT2D eigenvalue weighted by atomic mass is 9.80. The third-order valence-electron chi connectivity index (χ3n) is 5.83. The lowest BCUT2D eigenvalue weighted by molar-refractivity contribution is -0.137. The topological polar surface area (TPSA) is 97.3 Å². The number of carbonyl (C=O) groups excluding carboxylic acids is 2. The summed E-state index contributed by atoms with van der Waals surface area (Å²) in [6.07, 6.45) is -2.49. The summed E-state index contributed by atoms with van der Waals surface area (Å²) in [7, 11) is 1.48. The van der Waals surface area contributed by atoms with Gasteiger partial charge in [-0.15, -0.1) is 0 Å². The minimum Gasteiger partial charge on any atom is -0.479 e. The zero-order valence-electron chi connectivity index (χ0n) is 18.5. The standard InChI is InChI=1S/C22H22F3N5O3S/c1-13(31)29-21(14-4-3-5-15(10-14)22(23,24)25)6-8-30(9-7-21)17(32)11-16-28-18-19(33-2)26-12-27-20(18)34-16/h3-5,10,12H,6-9,11H2,1-2H3,(H,29,31). The monoisotopic (exact) mass is 493 g/mol. The smallest absolute Gasteiger partial charge is 0.416 e. The number of ether oxygens (including phenoxy) is 1. The number of amides is 2. The number of carbonyl (C=O) groups is 2. The van der Waals surface area contributed by atoms with Crippen LogP contribution < -0.4 is 10.1 Å². The predicted octanol–water partition coefficient (Wildman–Crippen LogP) is 3.31. The van der Waals surface area contributed by atoms with Gasteiger partial charge in [0, 0.05) is 20.0 Å². The first-order valence-electron chi connectivity index (χ1n) is 10.5. The van der Waals surface area contributed by atoms with Gasteiger partial charge in [0.2, 0.25) is 17.7 Å². The van der Waals surface area contributed by atoms with Crippen molar-refractivity contribution in [1.82, 2.24) is 25.2 Å². The minimum atomic E-state index is -4.49. The van der Waals surface area contributed by atoms with Crippen LogP contribution in [0.25, 0.3) is 10.3 Å². The van der Waals surface area contributed by atoms with Crippen molar-refractivity contribution >= 4 is 33.5 Å². The molecule has 0 bridgehead atoms. The van der Waals surface area contributed by atoms with Crippen LogP contribution in [0.1, 0.15) is 35.9 Å². The molecule has 34 heavy (non-hydrogen) atoms. The van der Waals surface area contributed by atoms with Gasteiger partial charge in [-0.05, 0) is 30.5 Å². The van der Waals surface area contributed by atoms with E-state index in [0.29, 0.717) is 39.6 Å². The van der Waals surface area contributed by atoms with Gasteiger partial charge < -0.3 is 15.0 Å². The SMILES string of the molecule is COc1ncnc2sc(CC(=O)N3CCC(NC(C)=O)(c4cccc(C(F)(F)F)c4)CC3)nc12. The maximum Gasteiger partial charge on any atom is 0.416 e. The highest BCUT2D eigenvalue weighted by molar-refractivity contribution is 7.18. The van der Waals surface area contributed by atoms with Crippen LogP contribution >= 0.6 is 11.3 Å². The van der Waals surface area contributed by atoms with Crippen LogP contribution in [-0.2, 0) is 27.7 Å². The molecule has 0 saturated carbocycles. The molecule has 1 aliphatic heterocycles. The number of rotatable bonds is 5. The van der Waals surface area contributed by atoms with Crippen molar-refractivity contribution in [2.24, 2.45) is 0 Å². The molecule has 0 radical (unpaired) electrons. The number of alkyl halides is 3. The van der Waals surface area contributed by atoms with Crippen LogP contribution in [0.2, 0.25) is 0 Å². The quantitative estimate of drug-likeness (QED) is 0.586. The zero-order valence-corrected chi connectivity index (χ0v) is 19.3. The molecule has 0 spiro atoms. The Bertz CT molecular complexity index is 1220. The van der Waals surface area contributed by atoms with Crippen molar-refractivity contribution < 1.29 is 27.5 Å². The van der Waals surface area contributed by atoms with E-state index in [1.165, 1.54) is 37.8 Å². The number of methoxy groups -OCH3 is 1. The maximum absolute atomic E-state index is 13.3. The molecule has 1 N–H and O–H groups in total. The lowest BCUT2D eigenvalue weighted by Gasteiger charge is -2.43. The highest BCUT2D eigenvalue weighted by Crippen LogP contribution is 2.37. The van der Waals surface area contributed by atoms with Gasteiger partial charge >= 0.3 is 6.18 Å². The van der Waals surface area contributed by atoms with E-state index in [2.05, 4.69) is 20.3 Å². The first-order chi connectivity index (χ1) is 16.1. The molecule has 3 heterocycles. The second-order valence-electron chi connectivity index (χ2n) is 8.04. The molecule has 12 heteroatoms. The molecule has 2 aromatic heterocycles. The molecular formula is C22H22F3N5O3S. The molecule has 0 atom stereocenters. The fourth-order valence-electron chi connectivity index (χ4n) is 4.20. The number of fused-ring (bicyclic) bond motifs is 1. The molecule has 0 unspecified atom stereocenters. The Morgan fingerprint density at radius 2 is 1.97 bits per heavy atom. The number of nitrogens with zero attached hydrogens (tertiary/aromatic N) is 4. The number of hydrogen-bond acceptors (Lipinski definition) is 7. The molecule has 1 saturated heterocycles. The molecule has 3 aromatic rings. The number of nitrogens with one attached hydrogen (secondary N) is 1. The van der Waals surface area contributed by atoms with E-state index in [-0.39, 0.29) is 31.3 Å². The van der Waals surface area contributed by atoms with Crippen LogP contribution in [0.15, 0.2) is 30.6 Å². The first-order valence-corrected chi connectivity index (χ1v) is 11.3. The summed E-state index contributed by atoms with van der Waals surface area (Å²) in [6, 6.07) is 4.99. The molecule has 8 nitrogen and oxygen atoms in total. The Hall–Kier alpha value is -3.28. The number of piperidine rings is 1. The van der Waals surface area contributed by atoms with Crippen molar-refractivity contribution in [2.75, 3.05) is 20.2 Å². The van der Waals surface area contributed by atoms with Gasteiger partial charge in [0.05, 0.1) is 24.6 Å². The van der Waals surface area contributed by atoms with E-state index in [4.69, 9.17) is 4.74 Å². The second-order valence-corrected chi connectivity index (χ2v) is 9.11. The summed E-state index contributed by atoms with van der Waals surface area (Å²) < 4.78 is 45.0. The van der Waals surface area contributed by atoms with Gasteiger partial charge in [-0.2, -0.15) is 18.2 Å². The van der Waals surface area contributed by atoms with Gasteiger partial charge in [0.15, 0.2) is 10.3 Å². The summed E-state index contributed by atoms with van der Waals surface area (Å²) in [5.41, 5.74) is -0.891. The van der Waals surface area contributed by atoms with Crippen LogP contribution in [0.4, 0.5) is 13.2 Å². The minimum absolute atomic E-state index is 0.0564. The third-order valence-corrected chi connectivity index (χ3v) is 6.79. The summed E-state index contributed by atoms with van der Waals surface area (Å²) in [5, 5.41) is 3.41. The number of benzene rings is 1. The Kier molecular flexibility index (Phi) is 6.43.